The highest BCUT2D eigenvalue weighted by atomic mass is 32.1. The van der Waals surface area contributed by atoms with Crippen LogP contribution in [0.25, 0.3) is 10.2 Å². The summed E-state index contributed by atoms with van der Waals surface area (Å²) < 4.78 is 0.950. The van der Waals surface area contributed by atoms with Gasteiger partial charge in [-0.1, -0.05) is 11.3 Å². The van der Waals surface area contributed by atoms with Crippen LogP contribution < -0.4 is 21.7 Å². The van der Waals surface area contributed by atoms with Crippen LogP contribution in [-0.4, -0.2) is 34.4 Å². The van der Waals surface area contributed by atoms with Crippen molar-refractivity contribution in [3.8, 4) is 0 Å². The molecule has 0 bridgehead atoms. The number of nitrogens with one attached hydrogen (secondary N) is 2. The third-order valence-corrected chi connectivity index (χ3v) is 5.21. The molecular formula is C17H24N6O3S. The van der Waals surface area contributed by atoms with Crippen molar-refractivity contribution in [1.29, 1.82) is 0 Å². The fourth-order valence-corrected chi connectivity index (χ4v) is 3.82. The van der Waals surface area contributed by atoms with Crippen LogP contribution >= 0.6 is 11.3 Å². The van der Waals surface area contributed by atoms with Crippen molar-refractivity contribution in [2.24, 2.45) is 10.2 Å². The van der Waals surface area contributed by atoms with Gasteiger partial charge in [-0.2, -0.15) is 10.2 Å². The molecule has 1 amide bonds. The van der Waals surface area contributed by atoms with Gasteiger partial charge in [-0.05, 0) is 41.5 Å². The minimum atomic E-state index is -1.37. The Morgan fingerprint density at radius 1 is 1.41 bits per heavy atom. The second kappa shape index (κ2) is 7.47. The van der Waals surface area contributed by atoms with Gasteiger partial charge >= 0.3 is 5.69 Å². The van der Waals surface area contributed by atoms with E-state index >= 15 is 0 Å². The summed E-state index contributed by atoms with van der Waals surface area (Å²) in [6.07, 6.45) is 1.54. The quantitative estimate of drug-likeness (QED) is 0.576. The molecule has 0 spiro atoms. The van der Waals surface area contributed by atoms with Crippen LogP contribution in [0.5, 0.6) is 0 Å². The Bertz CT molecular complexity index is 1030. The number of hydrogen-bond acceptors (Lipinski definition) is 7. The van der Waals surface area contributed by atoms with Gasteiger partial charge in [0.1, 0.15) is 15.4 Å². The Morgan fingerprint density at radius 2 is 2.04 bits per heavy atom. The zero-order valence-corrected chi connectivity index (χ0v) is 17.1. The lowest BCUT2D eigenvalue weighted by atomic mass is 10.0. The van der Waals surface area contributed by atoms with E-state index in [4.69, 9.17) is 0 Å². The maximum Gasteiger partial charge on any atom is 0.330 e. The van der Waals surface area contributed by atoms with Crippen molar-refractivity contribution in [2.75, 3.05) is 5.12 Å². The number of fused-ring (bicyclic) bond motifs is 1. The molecule has 0 saturated heterocycles. The summed E-state index contributed by atoms with van der Waals surface area (Å²) >= 11 is 1.17. The second-order valence-corrected chi connectivity index (χ2v) is 7.80. The summed E-state index contributed by atoms with van der Waals surface area (Å²) in [4.78, 5) is 41.5. The van der Waals surface area contributed by atoms with Gasteiger partial charge < -0.3 is 5.32 Å². The molecule has 0 aliphatic carbocycles. The largest absolute Gasteiger partial charge is 0.352 e. The number of anilines is 1. The minimum absolute atomic E-state index is 0.121. The number of rotatable bonds is 6. The fourth-order valence-electron chi connectivity index (χ4n) is 2.71. The van der Waals surface area contributed by atoms with E-state index in [0.717, 1.165) is 4.57 Å². The van der Waals surface area contributed by atoms with Gasteiger partial charge in [0.15, 0.2) is 0 Å². The third kappa shape index (κ3) is 3.57. The Kier molecular flexibility index (Phi) is 5.69. The topological polar surface area (TPSA) is 112 Å². The molecule has 2 rings (SSSR count). The maximum atomic E-state index is 13.2. The predicted molar refractivity (Wildman–Crippen MR) is 110 cm³/mol. The van der Waals surface area contributed by atoms with E-state index < -0.39 is 22.7 Å². The van der Waals surface area contributed by atoms with Crippen LogP contribution in [0.4, 0.5) is 5.00 Å². The molecule has 0 aliphatic heterocycles. The number of hydrazone groups is 2. The number of carbonyl (C=O) groups is 1. The molecule has 2 aromatic rings. The van der Waals surface area contributed by atoms with E-state index in [1.807, 2.05) is 13.8 Å². The van der Waals surface area contributed by atoms with Crippen molar-refractivity contribution in [2.45, 2.75) is 53.1 Å². The Hall–Kier alpha value is -2.75. The van der Waals surface area contributed by atoms with Gasteiger partial charge in [0, 0.05) is 24.5 Å². The Morgan fingerprint density at radius 3 is 2.56 bits per heavy atom. The Balaban J connectivity index is 2.77. The molecule has 2 N–H and O–H groups in total. The van der Waals surface area contributed by atoms with Gasteiger partial charge in [0.25, 0.3) is 5.56 Å². The number of thiophene rings is 1. The first-order chi connectivity index (χ1) is 12.6. The van der Waals surface area contributed by atoms with Crippen molar-refractivity contribution >= 4 is 45.4 Å². The summed E-state index contributed by atoms with van der Waals surface area (Å²) in [6.45, 7) is 13.6. The standard InChI is InChI=1S/C17H24N6O3S/c1-8-19-23(18-7)14-10(4)11-12(27-14)21-16(26)22(13(11)24)17(5,6)15(25)20-9(2)3/h8-9H,7H2,1-6H3,(H,20,25)(H,21,26)/b19-8-. The SMILES string of the molecule is C=NN(/N=C\C)c1sc2[nH]c(=O)n(C(C)(C)C(=O)NC(C)C)c(=O)c2c1C. The molecule has 0 atom stereocenters. The van der Waals surface area contributed by atoms with Gasteiger partial charge in [-0.25, -0.2) is 9.36 Å². The van der Waals surface area contributed by atoms with E-state index in [1.165, 1.54) is 30.3 Å². The minimum Gasteiger partial charge on any atom is -0.352 e. The smallest absolute Gasteiger partial charge is 0.330 e. The number of aryl methyl sites for hydroxylation is 1. The predicted octanol–water partition coefficient (Wildman–Crippen LogP) is 1.75. The molecule has 2 heterocycles. The van der Waals surface area contributed by atoms with Crippen molar-refractivity contribution in [1.82, 2.24) is 14.9 Å². The molecule has 0 unspecified atom stereocenters. The number of H-pyrrole nitrogens is 1. The number of aromatic amines is 1. The second-order valence-electron chi connectivity index (χ2n) is 6.80. The first-order valence-corrected chi connectivity index (χ1v) is 9.23. The zero-order valence-electron chi connectivity index (χ0n) is 16.3. The van der Waals surface area contributed by atoms with Gasteiger partial charge in [0.05, 0.1) is 5.39 Å². The molecule has 2 aromatic heterocycles. The Labute approximate surface area is 160 Å². The van der Waals surface area contributed by atoms with Crippen LogP contribution in [0.3, 0.4) is 0 Å². The molecule has 27 heavy (non-hydrogen) atoms. The first-order valence-electron chi connectivity index (χ1n) is 8.41. The normalized spacial score (nSPS) is 12.1. The molecule has 0 aliphatic rings. The molecule has 0 fully saturated rings. The highest BCUT2D eigenvalue weighted by Crippen LogP contribution is 2.35. The third-order valence-electron chi connectivity index (χ3n) is 4.04. The van der Waals surface area contributed by atoms with E-state index in [0.29, 0.717) is 20.8 Å². The highest BCUT2D eigenvalue weighted by molar-refractivity contribution is 7.22. The van der Waals surface area contributed by atoms with Crippen LogP contribution in [0.1, 0.15) is 40.2 Å². The number of nitrogens with zero attached hydrogens (tertiary/aromatic N) is 4. The van der Waals surface area contributed by atoms with Crippen LogP contribution in [-0.2, 0) is 10.3 Å². The van der Waals surface area contributed by atoms with Crippen molar-refractivity contribution < 1.29 is 4.79 Å². The average Bonchev–Trinajstić information content (AvgIpc) is 2.88. The molecule has 9 nitrogen and oxygen atoms in total. The number of hydrogen-bond donors (Lipinski definition) is 2. The van der Waals surface area contributed by atoms with E-state index in [-0.39, 0.29) is 6.04 Å². The van der Waals surface area contributed by atoms with E-state index in [9.17, 15) is 14.4 Å². The maximum absolute atomic E-state index is 13.2. The molecule has 10 heteroatoms. The lowest BCUT2D eigenvalue weighted by Crippen LogP contribution is -2.55. The van der Waals surface area contributed by atoms with E-state index in [1.54, 1.807) is 20.1 Å². The number of amides is 1. The summed E-state index contributed by atoms with van der Waals surface area (Å²) in [5, 5.41) is 12.8. The first kappa shape index (κ1) is 20.6. The molecule has 146 valence electrons. The van der Waals surface area contributed by atoms with Crippen molar-refractivity contribution in [3.05, 3.63) is 26.4 Å². The zero-order chi connectivity index (χ0) is 20.5. The molecular weight excluding hydrogens is 368 g/mol. The van der Waals surface area contributed by atoms with Crippen LogP contribution in [0.15, 0.2) is 19.8 Å². The van der Waals surface area contributed by atoms with Crippen LogP contribution in [0, 0.1) is 6.92 Å². The summed E-state index contributed by atoms with van der Waals surface area (Å²) in [7, 11) is 0. The average molecular weight is 392 g/mol. The highest BCUT2D eigenvalue weighted by Gasteiger charge is 2.34. The lowest BCUT2D eigenvalue weighted by Gasteiger charge is -2.26. The number of aromatic nitrogens is 2. The monoisotopic (exact) mass is 392 g/mol. The summed E-state index contributed by atoms with van der Waals surface area (Å²) in [6, 6.07) is -0.121. The summed E-state index contributed by atoms with van der Waals surface area (Å²) in [5.74, 6) is -0.414. The molecule has 0 saturated carbocycles. The summed E-state index contributed by atoms with van der Waals surface area (Å²) in [5.41, 5.74) is -1.96. The van der Waals surface area contributed by atoms with Gasteiger partial charge in [-0.3, -0.25) is 14.6 Å². The van der Waals surface area contributed by atoms with Crippen molar-refractivity contribution in [3.63, 3.8) is 0 Å². The van der Waals surface area contributed by atoms with Crippen LogP contribution in [0.2, 0.25) is 0 Å². The molecule has 0 radical (unpaired) electrons. The molecule has 0 aromatic carbocycles. The van der Waals surface area contributed by atoms with Gasteiger partial charge in [-0.15, -0.1) is 5.12 Å². The van der Waals surface area contributed by atoms with E-state index in [2.05, 4.69) is 27.2 Å². The fraction of sp³-hybridized carbons (Fsp3) is 0.471. The number of carbonyl (C=O) groups excluding carboxylic acids is 1. The lowest BCUT2D eigenvalue weighted by molar-refractivity contribution is -0.129. The van der Waals surface area contributed by atoms with Gasteiger partial charge in [0.2, 0.25) is 5.91 Å².